The molecule has 4 aromatic rings. The highest BCUT2D eigenvalue weighted by molar-refractivity contribution is 14.2. The second kappa shape index (κ2) is 11.8. The van der Waals surface area contributed by atoms with Crippen molar-refractivity contribution in [1.29, 1.82) is 0 Å². The molecule has 0 aliphatic heterocycles. The van der Waals surface area contributed by atoms with Crippen LogP contribution in [-0.4, -0.2) is 48.0 Å². The lowest BCUT2D eigenvalue weighted by Crippen LogP contribution is -2.35. The lowest BCUT2D eigenvalue weighted by atomic mass is 10.1. The Morgan fingerprint density at radius 3 is 2.16 bits per heavy atom. The molecular weight excluding hydrogens is 647 g/mol. The molecule has 8 nitrogen and oxygen atoms in total. The molecule has 0 saturated heterocycles. The van der Waals surface area contributed by atoms with Crippen molar-refractivity contribution in [3.05, 3.63) is 83.7 Å². The molecule has 3 aromatic carbocycles. The molecule has 0 fully saturated rings. The summed E-state index contributed by atoms with van der Waals surface area (Å²) in [5.74, 6) is -2.29. The predicted octanol–water partition coefficient (Wildman–Crippen LogP) is 5.73. The van der Waals surface area contributed by atoms with Crippen molar-refractivity contribution in [2.75, 3.05) is 17.4 Å². The van der Waals surface area contributed by atoms with Crippen molar-refractivity contribution in [3.63, 3.8) is 0 Å². The van der Waals surface area contributed by atoms with Gasteiger partial charge in [-0.15, -0.1) is 11.3 Å². The molecule has 0 aliphatic carbocycles. The van der Waals surface area contributed by atoms with Crippen LogP contribution in [0.2, 0.25) is 0 Å². The highest BCUT2D eigenvalue weighted by Gasteiger charge is 2.28. The highest BCUT2D eigenvalue weighted by atomic mass is 127. The number of hydrogen-bond acceptors (Lipinski definition) is 7. The first-order valence-corrected chi connectivity index (χ1v) is 16.5. The number of carbonyl (C=O) groups is 2. The zero-order valence-corrected chi connectivity index (χ0v) is 23.8. The molecule has 37 heavy (non-hydrogen) atoms. The maximum absolute atomic E-state index is 13.5. The average molecular weight is 669 g/mol. The van der Waals surface area contributed by atoms with Gasteiger partial charge in [0, 0.05) is 47.0 Å². The van der Waals surface area contributed by atoms with Gasteiger partial charge >= 0.3 is 11.9 Å². The number of sulfonamides is 1. The Morgan fingerprint density at radius 1 is 0.892 bits per heavy atom. The fraction of sp³-hybridized carbons (Fsp3) is 0.120. The molecule has 192 valence electrons. The first-order valence-electron chi connectivity index (χ1n) is 10.8. The first-order chi connectivity index (χ1) is 17.7. The van der Waals surface area contributed by atoms with E-state index in [1.807, 2.05) is 69.1 Å². The van der Waals surface area contributed by atoms with Gasteiger partial charge in [0.05, 0.1) is 10.6 Å². The van der Waals surface area contributed by atoms with E-state index in [1.165, 1.54) is 32.6 Å². The maximum atomic E-state index is 13.5. The van der Waals surface area contributed by atoms with Crippen molar-refractivity contribution in [3.8, 4) is 11.1 Å². The summed E-state index contributed by atoms with van der Waals surface area (Å²) in [5, 5.41) is 21.5. The molecule has 0 radical (unpaired) electrons. The number of anilines is 1. The molecule has 12 heteroatoms. The zero-order chi connectivity index (χ0) is 26.6. The number of nitrogens with zero attached hydrogens (tertiary/aromatic N) is 2. The van der Waals surface area contributed by atoms with Gasteiger partial charge in [-0.1, -0.05) is 42.5 Å². The number of thiophene rings is 1. The third kappa shape index (κ3) is 6.44. The summed E-state index contributed by atoms with van der Waals surface area (Å²) in [4.78, 5) is 23.0. The predicted molar refractivity (Wildman–Crippen MR) is 156 cm³/mol. The van der Waals surface area contributed by atoms with Crippen LogP contribution in [0.4, 0.5) is 5.69 Å². The fourth-order valence-electron chi connectivity index (χ4n) is 3.85. The third-order valence-electron chi connectivity index (χ3n) is 5.51. The van der Waals surface area contributed by atoms with E-state index >= 15 is 0 Å². The number of carboxylic acids is 2. The summed E-state index contributed by atoms with van der Waals surface area (Å²) < 4.78 is 30.4. The molecule has 0 atom stereocenters. The van der Waals surface area contributed by atoms with Crippen molar-refractivity contribution in [2.45, 2.75) is 11.4 Å². The molecule has 1 heterocycles. The molecule has 2 N–H and O–H groups in total. The van der Waals surface area contributed by atoms with Crippen molar-refractivity contribution in [1.82, 2.24) is 4.31 Å². The highest BCUT2D eigenvalue weighted by Crippen LogP contribution is 2.37. The largest absolute Gasteiger partial charge is 0.480 e. The Bertz CT molecular complexity index is 1530. The smallest absolute Gasteiger partial charge is 0.324 e. The van der Waals surface area contributed by atoms with E-state index in [1.54, 1.807) is 22.5 Å². The monoisotopic (exact) mass is 668 g/mol. The second-order valence-electron chi connectivity index (χ2n) is 8.00. The summed E-state index contributed by atoms with van der Waals surface area (Å²) in [7, 11) is -2.94. The van der Waals surface area contributed by atoms with Gasteiger partial charge in [0.2, 0.25) is 10.0 Å². The molecule has 1 aromatic heterocycles. The Labute approximate surface area is 234 Å². The van der Waals surface area contributed by atoms with Crippen molar-refractivity contribution >= 4 is 79.4 Å². The van der Waals surface area contributed by atoms with Crippen LogP contribution >= 0.6 is 41.7 Å². The number of benzene rings is 3. The van der Waals surface area contributed by atoms with E-state index in [2.05, 4.69) is 0 Å². The minimum Gasteiger partial charge on any atom is -0.480 e. The van der Waals surface area contributed by atoms with Crippen molar-refractivity contribution in [2.24, 2.45) is 0 Å². The number of carboxylic acid groups (broad SMARTS) is 2. The minimum absolute atomic E-state index is 0.0128. The standard InChI is InChI=1S/C25H21IN2O6S3/c26-36-28(16-25(31)32)22-12-17(13-23-21(22)10-11-35-23)14-27(15-24(29)30)37(33,34)20-8-6-19(7-9-20)18-4-2-1-3-5-18/h1-13H,14-16H2,(H,29,30)(H,31,32). The van der Waals surface area contributed by atoms with Gasteiger partial charge in [0.15, 0.2) is 0 Å². The van der Waals surface area contributed by atoms with Gasteiger partial charge in [-0.2, -0.15) is 4.31 Å². The van der Waals surface area contributed by atoms with E-state index in [-0.39, 0.29) is 18.0 Å². The van der Waals surface area contributed by atoms with E-state index in [0.29, 0.717) is 11.3 Å². The average Bonchev–Trinajstić information content (AvgIpc) is 3.35. The molecule has 0 spiro atoms. The van der Waals surface area contributed by atoms with Crippen LogP contribution in [0, 0.1) is 0 Å². The van der Waals surface area contributed by atoms with Crippen LogP contribution in [-0.2, 0) is 26.2 Å². The minimum atomic E-state index is -4.15. The summed E-state index contributed by atoms with van der Waals surface area (Å²) in [6.45, 7) is -1.17. The van der Waals surface area contributed by atoms with E-state index in [0.717, 1.165) is 25.5 Å². The van der Waals surface area contributed by atoms with Crippen LogP contribution in [0.5, 0.6) is 0 Å². The molecule has 0 aliphatic rings. The zero-order valence-electron chi connectivity index (χ0n) is 19.2. The Kier molecular flexibility index (Phi) is 8.75. The molecule has 4 rings (SSSR count). The number of fused-ring (bicyclic) bond motifs is 1. The maximum Gasteiger partial charge on any atom is 0.324 e. The van der Waals surface area contributed by atoms with Gasteiger partial charge in [-0.25, -0.2) is 8.42 Å². The molecule has 0 bridgehead atoms. The molecule has 0 saturated carbocycles. The van der Waals surface area contributed by atoms with Gasteiger partial charge < -0.3 is 10.2 Å². The topological polar surface area (TPSA) is 115 Å². The SMILES string of the molecule is O=C(O)CN(SI)c1cc(CN(CC(=O)O)S(=O)(=O)c2ccc(-c3ccccc3)cc2)cc2sccc12. The number of hydrogen-bond donors (Lipinski definition) is 2. The fourth-order valence-corrected chi connectivity index (χ4v) is 7.54. The number of halogens is 1. The normalized spacial score (nSPS) is 11.6. The van der Waals surface area contributed by atoms with Crippen LogP contribution in [0.3, 0.4) is 0 Å². The lowest BCUT2D eigenvalue weighted by Gasteiger charge is -2.23. The molecular formula is C25H21IN2O6S3. The van der Waals surface area contributed by atoms with Crippen molar-refractivity contribution < 1.29 is 28.2 Å². The Hall–Kier alpha value is -2.65. The van der Waals surface area contributed by atoms with Crippen LogP contribution in [0.15, 0.2) is 83.1 Å². The lowest BCUT2D eigenvalue weighted by molar-refractivity contribution is -0.137. The van der Waals surface area contributed by atoms with Gasteiger partial charge in [-0.3, -0.25) is 13.9 Å². The third-order valence-corrected chi connectivity index (χ3v) is 10.1. The van der Waals surface area contributed by atoms with E-state index in [9.17, 15) is 28.2 Å². The van der Waals surface area contributed by atoms with Crippen LogP contribution in [0.1, 0.15) is 5.56 Å². The summed E-state index contributed by atoms with van der Waals surface area (Å²) in [5.41, 5.74) is 2.95. The molecule has 0 unspecified atom stereocenters. The van der Waals surface area contributed by atoms with Crippen LogP contribution in [0.25, 0.3) is 21.2 Å². The van der Waals surface area contributed by atoms with E-state index < -0.39 is 28.5 Å². The van der Waals surface area contributed by atoms with Gasteiger partial charge in [-0.05, 0) is 52.4 Å². The summed E-state index contributed by atoms with van der Waals surface area (Å²) >= 11 is 3.43. The van der Waals surface area contributed by atoms with Gasteiger partial charge in [0.25, 0.3) is 0 Å². The van der Waals surface area contributed by atoms with E-state index in [4.69, 9.17) is 0 Å². The Morgan fingerprint density at radius 2 is 1.54 bits per heavy atom. The first kappa shape index (κ1) is 27.4. The Balaban J connectivity index is 1.70. The molecule has 0 amide bonds. The number of rotatable bonds is 11. The summed E-state index contributed by atoms with van der Waals surface area (Å²) in [6.07, 6.45) is 0. The quantitative estimate of drug-likeness (QED) is 0.154. The summed E-state index contributed by atoms with van der Waals surface area (Å²) in [6, 6.07) is 21.2. The van der Waals surface area contributed by atoms with Crippen LogP contribution < -0.4 is 4.31 Å². The number of aliphatic carboxylic acids is 2. The second-order valence-corrected chi connectivity index (χ2v) is 12.7. The van der Waals surface area contributed by atoms with Gasteiger partial charge in [0.1, 0.15) is 13.1 Å².